The van der Waals surface area contributed by atoms with Gasteiger partial charge >= 0.3 is 0 Å². The molecule has 0 aliphatic rings. The van der Waals surface area contributed by atoms with Crippen LogP contribution in [0.1, 0.15) is 64.7 Å². The number of rotatable bonds is 4. The summed E-state index contributed by atoms with van der Waals surface area (Å²) in [4.78, 5) is 4.29. The predicted molar refractivity (Wildman–Crippen MR) is 89.7 cm³/mol. The van der Waals surface area contributed by atoms with Crippen molar-refractivity contribution in [1.29, 1.82) is 0 Å². The van der Waals surface area contributed by atoms with Crippen molar-refractivity contribution < 1.29 is 10.2 Å². The number of phenolic OH excluding ortho intramolecular Hbond substituents is 1. The fraction of sp³-hybridized carbons (Fsp3) is 0.611. The Balaban J connectivity index is 3.32. The minimum absolute atomic E-state index is 0.0153. The monoisotopic (exact) mass is 291 g/mol. The number of hydrogen-bond acceptors (Lipinski definition) is 3. The van der Waals surface area contributed by atoms with Crippen molar-refractivity contribution in [3.05, 3.63) is 28.8 Å². The summed E-state index contributed by atoms with van der Waals surface area (Å²) in [5, 5.41) is 19.3. The first-order chi connectivity index (χ1) is 9.57. The molecule has 3 heteroatoms. The summed E-state index contributed by atoms with van der Waals surface area (Å²) in [5.41, 5.74) is 2.78. The van der Waals surface area contributed by atoms with Gasteiger partial charge in [0.15, 0.2) is 0 Å². The maximum Gasteiger partial charge on any atom is 0.128 e. The van der Waals surface area contributed by atoms with E-state index in [-0.39, 0.29) is 17.4 Å². The standard InChI is InChI=1S/C18H29NO2/c1-17(2,3)14-10-13(12-19-8-7-9-20)16(21)15(11-14)18(4,5)6/h10-12,20-21H,7-9H2,1-6H3. The molecule has 0 saturated heterocycles. The number of phenols is 1. The third-order valence-corrected chi connectivity index (χ3v) is 3.49. The molecule has 0 aliphatic heterocycles. The third-order valence-electron chi connectivity index (χ3n) is 3.49. The highest BCUT2D eigenvalue weighted by atomic mass is 16.3. The SMILES string of the molecule is CC(C)(C)c1cc(C=NCCCO)c(O)c(C(C)(C)C)c1. The highest BCUT2D eigenvalue weighted by molar-refractivity contribution is 5.85. The number of aromatic hydroxyl groups is 1. The van der Waals surface area contributed by atoms with Gasteiger partial charge in [0, 0.05) is 30.5 Å². The van der Waals surface area contributed by atoms with Crippen molar-refractivity contribution in [3.8, 4) is 5.75 Å². The topological polar surface area (TPSA) is 52.8 Å². The van der Waals surface area contributed by atoms with Crippen LogP contribution >= 0.6 is 0 Å². The van der Waals surface area contributed by atoms with E-state index in [0.29, 0.717) is 18.7 Å². The maximum atomic E-state index is 10.5. The maximum absolute atomic E-state index is 10.5. The van der Waals surface area contributed by atoms with Crippen LogP contribution in [0, 0.1) is 0 Å². The summed E-state index contributed by atoms with van der Waals surface area (Å²) < 4.78 is 0. The van der Waals surface area contributed by atoms with Gasteiger partial charge in [-0.15, -0.1) is 0 Å². The summed E-state index contributed by atoms with van der Waals surface area (Å²) in [5.74, 6) is 0.309. The molecule has 1 aromatic rings. The van der Waals surface area contributed by atoms with Crippen LogP contribution in [0.25, 0.3) is 0 Å². The molecule has 118 valence electrons. The van der Waals surface area contributed by atoms with Gasteiger partial charge in [0.05, 0.1) is 0 Å². The molecule has 0 atom stereocenters. The molecular formula is C18H29NO2. The molecule has 0 amide bonds. The molecule has 0 unspecified atom stereocenters. The van der Waals surface area contributed by atoms with E-state index >= 15 is 0 Å². The predicted octanol–water partition coefficient (Wildman–Crippen LogP) is 3.79. The number of hydrogen-bond donors (Lipinski definition) is 2. The first kappa shape index (κ1) is 17.7. The number of aliphatic hydroxyl groups excluding tert-OH is 1. The molecule has 0 saturated carbocycles. The van der Waals surface area contributed by atoms with Crippen molar-refractivity contribution in [2.24, 2.45) is 4.99 Å². The normalized spacial score (nSPS) is 13.1. The Labute approximate surface area is 128 Å². The Bertz CT molecular complexity index is 505. The minimum Gasteiger partial charge on any atom is -0.507 e. The molecule has 0 aliphatic carbocycles. The third kappa shape index (κ3) is 4.85. The molecule has 0 aromatic heterocycles. The second-order valence-electron chi connectivity index (χ2n) is 7.57. The van der Waals surface area contributed by atoms with Gasteiger partial charge in [-0.1, -0.05) is 47.6 Å². The van der Waals surface area contributed by atoms with Crippen molar-refractivity contribution >= 4 is 6.21 Å². The van der Waals surface area contributed by atoms with Gasteiger partial charge in [0.2, 0.25) is 0 Å². The summed E-state index contributed by atoms with van der Waals surface area (Å²) in [6, 6.07) is 4.10. The summed E-state index contributed by atoms with van der Waals surface area (Å²) in [7, 11) is 0. The molecular weight excluding hydrogens is 262 g/mol. The van der Waals surface area contributed by atoms with Crippen LogP contribution in [0.15, 0.2) is 17.1 Å². The van der Waals surface area contributed by atoms with Crippen LogP contribution in [-0.4, -0.2) is 29.6 Å². The van der Waals surface area contributed by atoms with Crippen LogP contribution in [0.4, 0.5) is 0 Å². The highest BCUT2D eigenvalue weighted by Crippen LogP contribution is 2.37. The van der Waals surface area contributed by atoms with Gasteiger partial charge in [-0.3, -0.25) is 4.99 Å². The minimum atomic E-state index is -0.126. The Kier molecular flexibility index (Phi) is 5.57. The number of nitrogens with zero attached hydrogens (tertiary/aromatic N) is 1. The first-order valence-corrected chi connectivity index (χ1v) is 7.56. The summed E-state index contributed by atoms with van der Waals surface area (Å²) in [6.07, 6.45) is 2.36. The van der Waals surface area contributed by atoms with Gasteiger partial charge in [-0.05, 0) is 28.9 Å². The molecule has 0 fully saturated rings. The average molecular weight is 291 g/mol. The Hall–Kier alpha value is -1.35. The molecule has 0 heterocycles. The highest BCUT2D eigenvalue weighted by Gasteiger charge is 2.24. The summed E-state index contributed by atoms with van der Waals surface area (Å²) in [6.45, 7) is 13.5. The van der Waals surface area contributed by atoms with Gasteiger partial charge in [0.25, 0.3) is 0 Å². The lowest BCUT2D eigenvalue weighted by atomic mass is 9.79. The molecule has 2 N–H and O–H groups in total. The Morgan fingerprint density at radius 1 is 1.05 bits per heavy atom. The second kappa shape index (κ2) is 6.61. The zero-order valence-corrected chi connectivity index (χ0v) is 14.2. The van der Waals surface area contributed by atoms with E-state index < -0.39 is 0 Å². The average Bonchev–Trinajstić information content (AvgIpc) is 2.33. The van der Waals surface area contributed by atoms with Crippen LogP contribution in [0.2, 0.25) is 0 Å². The molecule has 0 radical (unpaired) electrons. The number of aliphatic imine (C=N–C) groups is 1. The fourth-order valence-corrected chi connectivity index (χ4v) is 2.08. The molecule has 3 nitrogen and oxygen atoms in total. The fourth-order valence-electron chi connectivity index (χ4n) is 2.08. The molecule has 1 rings (SSSR count). The Morgan fingerprint density at radius 3 is 2.14 bits per heavy atom. The summed E-state index contributed by atoms with van der Waals surface area (Å²) >= 11 is 0. The van der Waals surface area contributed by atoms with E-state index in [1.807, 2.05) is 6.07 Å². The Morgan fingerprint density at radius 2 is 1.67 bits per heavy atom. The zero-order valence-electron chi connectivity index (χ0n) is 14.2. The molecule has 0 bridgehead atoms. The van der Waals surface area contributed by atoms with E-state index in [9.17, 15) is 5.11 Å². The number of aliphatic hydroxyl groups is 1. The van der Waals surface area contributed by atoms with Crippen molar-refractivity contribution in [1.82, 2.24) is 0 Å². The first-order valence-electron chi connectivity index (χ1n) is 7.56. The van der Waals surface area contributed by atoms with Crippen LogP contribution in [0.3, 0.4) is 0 Å². The quantitative estimate of drug-likeness (QED) is 0.655. The van der Waals surface area contributed by atoms with Gasteiger partial charge in [-0.25, -0.2) is 0 Å². The lowest BCUT2D eigenvalue weighted by molar-refractivity contribution is 0.291. The zero-order chi connectivity index (χ0) is 16.3. The van der Waals surface area contributed by atoms with Crippen LogP contribution in [0.5, 0.6) is 5.75 Å². The number of benzene rings is 1. The van der Waals surface area contributed by atoms with E-state index in [1.54, 1.807) is 6.21 Å². The van der Waals surface area contributed by atoms with Crippen LogP contribution < -0.4 is 0 Å². The van der Waals surface area contributed by atoms with Gasteiger partial charge < -0.3 is 10.2 Å². The van der Waals surface area contributed by atoms with Gasteiger partial charge in [0.1, 0.15) is 5.75 Å². The van der Waals surface area contributed by atoms with E-state index in [1.165, 1.54) is 5.56 Å². The molecule has 1 aromatic carbocycles. The van der Waals surface area contributed by atoms with E-state index in [2.05, 4.69) is 52.6 Å². The van der Waals surface area contributed by atoms with Gasteiger partial charge in [-0.2, -0.15) is 0 Å². The van der Waals surface area contributed by atoms with Crippen LogP contribution in [-0.2, 0) is 10.8 Å². The van der Waals surface area contributed by atoms with Crippen molar-refractivity contribution in [2.75, 3.05) is 13.2 Å². The second-order valence-corrected chi connectivity index (χ2v) is 7.57. The largest absolute Gasteiger partial charge is 0.507 e. The molecule has 21 heavy (non-hydrogen) atoms. The molecule has 0 spiro atoms. The van der Waals surface area contributed by atoms with Crippen molar-refractivity contribution in [2.45, 2.75) is 58.8 Å². The smallest absolute Gasteiger partial charge is 0.128 e. The van der Waals surface area contributed by atoms with E-state index in [4.69, 9.17) is 5.11 Å². The lowest BCUT2D eigenvalue weighted by Gasteiger charge is -2.27. The van der Waals surface area contributed by atoms with Crippen molar-refractivity contribution in [3.63, 3.8) is 0 Å². The lowest BCUT2D eigenvalue weighted by Crippen LogP contribution is -2.17. The van der Waals surface area contributed by atoms with E-state index in [0.717, 1.165) is 11.1 Å².